The largest absolute Gasteiger partial charge is 0.352 e. The van der Waals surface area contributed by atoms with E-state index < -0.39 is 0 Å². The van der Waals surface area contributed by atoms with E-state index >= 15 is 0 Å². The van der Waals surface area contributed by atoms with E-state index in [1.165, 1.54) is 38.5 Å². The van der Waals surface area contributed by atoms with Gasteiger partial charge >= 0.3 is 0 Å². The number of unbranched alkanes of at least 4 members (excludes halogenated alkanes) is 4. The number of halogens is 1. The van der Waals surface area contributed by atoms with E-state index in [1.807, 2.05) is 18.5 Å². The van der Waals surface area contributed by atoms with Crippen LogP contribution in [0.1, 0.15) is 77.1 Å². The summed E-state index contributed by atoms with van der Waals surface area (Å²) < 4.78 is 1.82. The molecule has 27 heavy (non-hydrogen) atoms. The SMILES string of the molecule is CCCCCN(CCCCC)CC(C)NC(=O)CCn1nc(C)c(Cl)c1C. The fourth-order valence-electron chi connectivity index (χ4n) is 3.35. The van der Waals surface area contributed by atoms with Crippen LogP contribution in [-0.2, 0) is 11.3 Å². The van der Waals surface area contributed by atoms with Gasteiger partial charge in [0.1, 0.15) is 0 Å². The lowest BCUT2D eigenvalue weighted by atomic mass is 10.2. The van der Waals surface area contributed by atoms with Crippen LogP contribution < -0.4 is 5.32 Å². The minimum absolute atomic E-state index is 0.0771. The maximum Gasteiger partial charge on any atom is 0.222 e. The lowest BCUT2D eigenvalue weighted by Crippen LogP contribution is -2.43. The summed E-state index contributed by atoms with van der Waals surface area (Å²) in [6.07, 6.45) is 7.93. The molecule has 1 rings (SSSR count). The zero-order valence-electron chi connectivity index (χ0n) is 18.0. The summed E-state index contributed by atoms with van der Waals surface area (Å²) in [6.45, 7) is 14.1. The van der Waals surface area contributed by atoms with Gasteiger partial charge in [-0.1, -0.05) is 51.1 Å². The quantitative estimate of drug-likeness (QED) is 0.461. The number of amides is 1. The molecule has 0 fully saturated rings. The van der Waals surface area contributed by atoms with Crippen molar-refractivity contribution in [3.63, 3.8) is 0 Å². The number of nitrogens with one attached hydrogen (secondary N) is 1. The van der Waals surface area contributed by atoms with Crippen LogP contribution in [0, 0.1) is 13.8 Å². The van der Waals surface area contributed by atoms with E-state index in [2.05, 4.69) is 36.1 Å². The molecular weight excluding hydrogens is 360 g/mol. The second kappa shape index (κ2) is 13.2. The molecule has 1 amide bonds. The van der Waals surface area contributed by atoms with Crippen molar-refractivity contribution in [3.8, 4) is 0 Å². The molecule has 156 valence electrons. The first-order valence-corrected chi connectivity index (χ1v) is 11.0. The number of rotatable bonds is 14. The van der Waals surface area contributed by atoms with Gasteiger partial charge < -0.3 is 10.2 Å². The Balaban J connectivity index is 2.42. The van der Waals surface area contributed by atoms with Gasteiger partial charge in [-0.05, 0) is 46.7 Å². The van der Waals surface area contributed by atoms with E-state index in [0.717, 1.165) is 31.0 Å². The molecule has 0 radical (unpaired) electrons. The third-order valence-electron chi connectivity index (χ3n) is 4.94. The van der Waals surface area contributed by atoms with Crippen LogP contribution in [0.25, 0.3) is 0 Å². The third-order valence-corrected chi connectivity index (χ3v) is 5.49. The maximum atomic E-state index is 12.3. The second-order valence-electron chi connectivity index (χ2n) is 7.64. The predicted octanol–water partition coefficient (Wildman–Crippen LogP) is 4.73. The first-order valence-electron chi connectivity index (χ1n) is 10.6. The number of aromatic nitrogens is 2. The van der Waals surface area contributed by atoms with E-state index in [4.69, 9.17) is 11.6 Å². The molecule has 0 saturated heterocycles. The van der Waals surface area contributed by atoms with Crippen LogP contribution in [-0.4, -0.2) is 46.3 Å². The zero-order chi connectivity index (χ0) is 20.2. The molecule has 1 aromatic heterocycles. The Morgan fingerprint density at radius 1 is 1.15 bits per heavy atom. The minimum Gasteiger partial charge on any atom is -0.352 e. The summed E-state index contributed by atoms with van der Waals surface area (Å²) in [5.41, 5.74) is 1.74. The topological polar surface area (TPSA) is 50.2 Å². The molecular formula is C21H39ClN4O. The number of carbonyl (C=O) groups excluding carboxylic acids is 1. The van der Waals surface area contributed by atoms with Crippen LogP contribution in [0.4, 0.5) is 0 Å². The third kappa shape index (κ3) is 9.11. The standard InChI is InChI=1S/C21H39ClN4O/c1-6-8-10-13-25(14-11-9-7-2)16-17(3)23-20(27)12-15-26-19(5)21(22)18(4)24-26/h17H,6-16H2,1-5H3,(H,23,27). The van der Waals surface area contributed by atoms with Gasteiger partial charge in [0.05, 0.1) is 23.0 Å². The highest BCUT2D eigenvalue weighted by Crippen LogP contribution is 2.18. The highest BCUT2D eigenvalue weighted by Gasteiger charge is 2.14. The fraction of sp³-hybridized carbons (Fsp3) is 0.810. The van der Waals surface area contributed by atoms with Crippen molar-refractivity contribution in [2.75, 3.05) is 19.6 Å². The average molecular weight is 399 g/mol. The Labute approximate surface area is 170 Å². The molecule has 0 aromatic carbocycles. The molecule has 0 saturated carbocycles. The number of carbonyl (C=O) groups is 1. The summed E-state index contributed by atoms with van der Waals surface area (Å²) in [7, 11) is 0. The first kappa shape index (κ1) is 24.0. The van der Waals surface area contributed by atoms with Crippen molar-refractivity contribution in [2.45, 2.75) is 92.2 Å². The molecule has 0 spiro atoms. The molecule has 1 N–H and O–H groups in total. The summed E-state index contributed by atoms with van der Waals surface area (Å²) in [4.78, 5) is 14.8. The lowest BCUT2D eigenvalue weighted by Gasteiger charge is -2.26. The van der Waals surface area contributed by atoms with Gasteiger partial charge in [0.2, 0.25) is 5.91 Å². The molecule has 1 heterocycles. The van der Waals surface area contributed by atoms with Crippen molar-refractivity contribution >= 4 is 17.5 Å². The van der Waals surface area contributed by atoms with E-state index in [9.17, 15) is 4.79 Å². The second-order valence-corrected chi connectivity index (χ2v) is 8.02. The van der Waals surface area contributed by atoms with Gasteiger partial charge in [-0.3, -0.25) is 9.48 Å². The molecule has 0 aliphatic rings. The zero-order valence-corrected chi connectivity index (χ0v) is 18.7. The molecule has 1 atom stereocenters. The molecule has 1 unspecified atom stereocenters. The summed E-state index contributed by atoms with van der Waals surface area (Å²) >= 11 is 6.17. The van der Waals surface area contributed by atoms with Crippen molar-refractivity contribution in [1.29, 1.82) is 0 Å². The monoisotopic (exact) mass is 398 g/mol. The van der Waals surface area contributed by atoms with Gasteiger partial charge in [-0.25, -0.2) is 0 Å². The van der Waals surface area contributed by atoms with Crippen molar-refractivity contribution in [3.05, 3.63) is 16.4 Å². The van der Waals surface area contributed by atoms with Gasteiger partial charge in [0, 0.05) is 19.0 Å². The van der Waals surface area contributed by atoms with Crippen molar-refractivity contribution < 1.29 is 4.79 Å². The van der Waals surface area contributed by atoms with E-state index in [0.29, 0.717) is 18.0 Å². The van der Waals surface area contributed by atoms with Crippen LogP contribution >= 0.6 is 11.6 Å². The van der Waals surface area contributed by atoms with E-state index in [1.54, 1.807) is 0 Å². The Hall–Kier alpha value is -1.07. The first-order chi connectivity index (χ1) is 12.9. The van der Waals surface area contributed by atoms with Crippen LogP contribution in [0.2, 0.25) is 5.02 Å². The number of hydrogen-bond donors (Lipinski definition) is 1. The number of hydrogen-bond acceptors (Lipinski definition) is 3. The Kier molecular flexibility index (Phi) is 11.7. The molecule has 0 aliphatic heterocycles. The highest BCUT2D eigenvalue weighted by molar-refractivity contribution is 6.31. The smallest absolute Gasteiger partial charge is 0.222 e. The van der Waals surface area contributed by atoms with Crippen molar-refractivity contribution in [1.82, 2.24) is 20.0 Å². The molecule has 6 heteroatoms. The summed E-state index contributed by atoms with van der Waals surface area (Å²) in [5.74, 6) is 0.0771. The van der Waals surface area contributed by atoms with Gasteiger partial charge in [0.15, 0.2) is 0 Å². The summed E-state index contributed by atoms with van der Waals surface area (Å²) in [6, 6.07) is 0.157. The van der Waals surface area contributed by atoms with Crippen LogP contribution in [0.15, 0.2) is 0 Å². The minimum atomic E-state index is 0.0771. The maximum absolute atomic E-state index is 12.3. The van der Waals surface area contributed by atoms with Crippen molar-refractivity contribution in [2.24, 2.45) is 0 Å². The van der Waals surface area contributed by atoms with Gasteiger partial charge in [-0.2, -0.15) is 5.10 Å². The number of nitrogens with zero attached hydrogens (tertiary/aromatic N) is 3. The molecule has 0 aliphatic carbocycles. The van der Waals surface area contributed by atoms with E-state index in [-0.39, 0.29) is 11.9 Å². The average Bonchev–Trinajstić information content (AvgIpc) is 2.87. The van der Waals surface area contributed by atoms with Crippen LogP contribution in [0.5, 0.6) is 0 Å². The normalized spacial score (nSPS) is 12.6. The van der Waals surface area contributed by atoms with Crippen LogP contribution in [0.3, 0.4) is 0 Å². The molecule has 5 nitrogen and oxygen atoms in total. The number of aryl methyl sites for hydroxylation is 2. The van der Waals surface area contributed by atoms with Gasteiger partial charge in [-0.15, -0.1) is 0 Å². The fourth-order valence-corrected chi connectivity index (χ4v) is 3.48. The Bertz CT molecular complexity index is 549. The highest BCUT2D eigenvalue weighted by atomic mass is 35.5. The lowest BCUT2D eigenvalue weighted by molar-refractivity contribution is -0.122. The predicted molar refractivity (Wildman–Crippen MR) is 114 cm³/mol. The Morgan fingerprint density at radius 2 is 1.74 bits per heavy atom. The Morgan fingerprint density at radius 3 is 2.22 bits per heavy atom. The van der Waals surface area contributed by atoms with Gasteiger partial charge in [0.25, 0.3) is 0 Å². The summed E-state index contributed by atoms with van der Waals surface area (Å²) in [5, 5.41) is 8.23. The molecule has 0 bridgehead atoms. The molecule has 1 aromatic rings.